The average Bonchev–Trinajstić information content (AvgIpc) is 3.27. The molecule has 0 saturated carbocycles. The zero-order chi connectivity index (χ0) is 18.1. The summed E-state index contributed by atoms with van der Waals surface area (Å²) in [6, 6.07) is 21.0. The Bertz CT molecular complexity index is 889. The number of para-hydroxylation sites is 1. The van der Waals surface area contributed by atoms with Crippen molar-refractivity contribution < 1.29 is 0 Å². The molecule has 1 aromatic carbocycles. The first-order valence-corrected chi connectivity index (χ1v) is 9.30. The van der Waals surface area contributed by atoms with Gasteiger partial charge in [-0.25, -0.2) is 0 Å². The minimum absolute atomic E-state index is 0.00342. The zero-order valence-corrected chi connectivity index (χ0v) is 15.7. The van der Waals surface area contributed by atoms with Gasteiger partial charge < -0.3 is 14.8 Å². The van der Waals surface area contributed by atoms with Crippen LogP contribution < -0.4 is 10.2 Å². The molecular formula is C21H22N4S. The smallest absolute Gasteiger partial charge is 0.174 e. The first-order chi connectivity index (χ1) is 12.7. The Balaban J connectivity index is 1.86. The van der Waals surface area contributed by atoms with Gasteiger partial charge in [-0.1, -0.05) is 24.3 Å². The van der Waals surface area contributed by atoms with Gasteiger partial charge in [-0.05, 0) is 62.5 Å². The fourth-order valence-electron chi connectivity index (χ4n) is 3.65. The molecule has 1 aliphatic rings. The van der Waals surface area contributed by atoms with E-state index in [2.05, 4.69) is 70.1 Å². The molecule has 132 valence electrons. The molecule has 2 aromatic heterocycles. The lowest BCUT2D eigenvalue weighted by Gasteiger charge is -2.29. The molecule has 1 N–H and O–H groups in total. The van der Waals surface area contributed by atoms with Crippen LogP contribution in [0.2, 0.25) is 0 Å². The molecule has 1 aliphatic heterocycles. The van der Waals surface area contributed by atoms with E-state index in [1.165, 1.54) is 5.69 Å². The quantitative estimate of drug-likeness (QED) is 0.686. The van der Waals surface area contributed by atoms with Crippen LogP contribution in [0.1, 0.15) is 43.4 Å². The summed E-state index contributed by atoms with van der Waals surface area (Å²) in [4.78, 5) is 6.81. The number of hydrogen-bond acceptors (Lipinski definition) is 2. The monoisotopic (exact) mass is 362 g/mol. The Morgan fingerprint density at radius 1 is 1.00 bits per heavy atom. The highest BCUT2D eigenvalue weighted by atomic mass is 32.1. The second-order valence-corrected chi connectivity index (χ2v) is 7.15. The zero-order valence-electron chi connectivity index (χ0n) is 14.9. The van der Waals surface area contributed by atoms with Crippen LogP contribution in [0.4, 0.5) is 5.69 Å². The molecule has 0 spiro atoms. The van der Waals surface area contributed by atoms with Crippen LogP contribution in [0.5, 0.6) is 0 Å². The number of hydrogen-bond donors (Lipinski definition) is 1. The molecule has 2 atom stereocenters. The maximum absolute atomic E-state index is 5.74. The first kappa shape index (κ1) is 16.8. The van der Waals surface area contributed by atoms with Crippen molar-refractivity contribution in [3.05, 3.63) is 84.4 Å². The van der Waals surface area contributed by atoms with E-state index in [0.29, 0.717) is 6.04 Å². The molecule has 0 amide bonds. The van der Waals surface area contributed by atoms with Gasteiger partial charge in [0.15, 0.2) is 5.11 Å². The predicted octanol–water partition coefficient (Wildman–Crippen LogP) is 4.64. The van der Waals surface area contributed by atoms with E-state index in [9.17, 15) is 0 Å². The van der Waals surface area contributed by atoms with Gasteiger partial charge in [0.1, 0.15) is 6.04 Å². The topological polar surface area (TPSA) is 33.1 Å². The molecule has 1 saturated heterocycles. The summed E-state index contributed by atoms with van der Waals surface area (Å²) in [6.07, 6.45) is 3.98. The van der Waals surface area contributed by atoms with E-state index in [1.54, 1.807) is 0 Å². The Labute approximate surface area is 159 Å². The van der Waals surface area contributed by atoms with Crippen molar-refractivity contribution in [3.8, 4) is 0 Å². The third-order valence-corrected chi connectivity index (χ3v) is 5.12. The molecule has 3 heterocycles. The Morgan fingerprint density at radius 2 is 1.77 bits per heavy atom. The molecular weight excluding hydrogens is 340 g/mol. The summed E-state index contributed by atoms with van der Waals surface area (Å²) in [5.74, 6) is 0. The number of anilines is 1. The van der Waals surface area contributed by atoms with Gasteiger partial charge in [0.05, 0.1) is 11.7 Å². The second kappa shape index (κ2) is 6.92. The molecule has 0 radical (unpaired) electrons. The maximum atomic E-state index is 5.74. The summed E-state index contributed by atoms with van der Waals surface area (Å²) in [6.45, 7) is 4.40. The van der Waals surface area contributed by atoms with Crippen molar-refractivity contribution in [2.45, 2.75) is 32.0 Å². The minimum atomic E-state index is -0.00342. The molecule has 1 fully saturated rings. The normalized spacial score (nSPS) is 19.8. The number of rotatable bonds is 4. The fraction of sp³-hybridized carbons (Fsp3) is 0.238. The molecule has 0 unspecified atom stereocenters. The SMILES string of the molecule is CC(C)n1cccc1[C@H]1[C@H](c2ccccn2)NC(=S)N1c1ccccc1. The first-order valence-electron chi connectivity index (χ1n) is 8.89. The number of aromatic nitrogens is 2. The Kier molecular flexibility index (Phi) is 4.47. The number of nitrogens with one attached hydrogen (secondary N) is 1. The van der Waals surface area contributed by atoms with Crippen LogP contribution in [0.15, 0.2) is 73.1 Å². The van der Waals surface area contributed by atoms with Gasteiger partial charge in [-0.2, -0.15) is 0 Å². The molecule has 0 aliphatic carbocycles. The predicted molar refractivity (Wildman–Crippen MR) is 109 cm³/mol. The maximum Gasteiger partial charge on any atom is 0.174 e. The lowest BCUT2D eigenvalue weighted by Crippen LogP contribution is -2.30. The molecule has 4 nitrogen and oxygen atoms in total. The van der Waals surface area contributed by atoms with Crippen molar-refractivity contribution in [1.82, 2.24) is 14.9 Å². The van der Waals surface area contributed by atoms with E-state index >= 15 is 0 Å². The summed E-state index contributed by atoms with van der Waals surface area (Å²) in [7, 11) is 0. The van der Waals surface area contributed by atoms with Crippen LogP contribution in [0, 0.1) is 0 Å². The van der Waals surface area contributed by atoms with Gasteiger partial charge in [0, 0.05) is 29.8 Å². The highest BCUT2D eigenvalue weighted by molar-refractivity contribution is 7.80. The van der Waals surface area contributed by atoms with Gasteiger partial charge in [-0.3, -0.25) is 4.98 Å². The van der Waals surface area contributed by atoms with Crippen molar-refractivity contribution in [1.29, 1.82) is 0 Å². The summed E-state index contributed by atoms with van der Waals surface area (Å²) >= 11 is 5.74. The van der Waals surface area contributed by atoms with E-state index < -0.39 is 0 Å². The van der Waals surface area contributed by atoms with Gasteiger partial charge in [0.2, 0.25) is 0 Å². The van der Waals surface area contributed by atoms with Crippen molar-refractivity contribution in [2.75, 3.05) is 4.90 Å². The average molecular weight is 363 g/mol. The highest BCUT2D eigenvalue weighted by Crippen LogP contribution is 2.41. The summed E-state index contributed by atoms with van der Waals surface area (Å²) in [5.41, 5.74) is 3.31. The molecule has 0 bridgehead atoms. The number of nitrogens with zero attached hydrogens (tertiary/aromatic N) is 3. The Hall–Kier alpha value is -2.66. The number of benzene rings is 1. The molecule has 4 rings (SSSR count). The third-order valence-electron chi connectivity index (χ3n) is 4.80. The lowest BCUT2D eigenvalue weighted by molar-refractivity contribution is 0.497. The summed E-state index contributed by atoms with van der Waals surface area (Å²) in [5, 5.41) is 4.23. The van der Waals surface area contributed by atoms with E-state index in [1.807, 2.05) is 36.5 Å². The highest BCUT2D eigenvalue weighted by Gasteiger charge is 2.42. The van der Waals surface area contributed by atoms with Gasteiger partial charge >= 0.3 is 0 Å². The third kappa shape index (κ3) is 2.88. The van der Waals surface area contributed by atoms with Crippen molar-refractivity contribution in [2.24, 2.45) is 0 Å². The lowest BCUT2D eigenvalue weighted by atomic mass is 10.0. The van der Waals surface area contributed by atoms with E-state index in [0.717, 1.165) is 16.5 Å². The van der Waals surface area contributed by atoms with Crippen molar-refractivity contribution in [3.63, 3.8) is 0 Å². The van der Waals surface area contributed by atoms with Gasteiger partial charge in [0.25, 0.3) is 0 Å². The fourth-order valence-corrected chi connectivity index (χ4v) is 4.00. The second-order valence-electron chi connectivity index (χ2n) is 6.77. The number of pyridine rings is 1. The largest absolute Gasteiger partial charge is 0.351 e. The van der Waals surface area contributed by atoms with Crippen LogP contribution in [-0.4, -0.2) is 14.7 Å². The molecule has 5 heteroatoms. The van der Waals surface area contributed by atoms with E-state index in [4.69, 9.17) is 12.2 Å². The molecule has 26 heavy (non-hydrogen) atoms. The van der Waals surface area contributed by atoms with Crippen molar-refractivity contribution >= 4 is 23.0 Å². The van der Waals surface area contributed by atoms with Crippen LogP contribution >= 0.6 is 12.2 Å². The van der Waals surface area contributed by atoms with Crippen LogP contribution in [-0.2, 0) is 0 Å². The molecule has 3 aromatic rings. The minimum Gasteiger partial charge on any atom is -0.351 e. The van der Waals surface area contributed by atoms with E-state index in [-0.39, 0.29) is 12.1 Å². The number of thiocarbonyl (C=S) groups is 1. The van der Waals surface area contributed by atoms with Crippen LogP contribution in [0.25, 0.3) is 0 Å². The van der Waals surface area contributed by atoms with Crippen LogP contribution in [0.3, 0.4) is 0 Å². The van der Waals surface area contributed by atoms with Gasteiger partial charge in [-0.15, -0.1) is 0 Å². The Morgan fingerprint density at radius 3 is 2.46 bits per heavy atom. The summed E-state index contributed by atoms with van der Waals surface area (Å²) < 4.78 is 2.31. The standard InChI is InChI=1S/C21H22N4S/c1-15(2)24-14-8-12-18(24)20-19(17-11-6-7-13-22-17)23-21(26)25(20)16-9-4-3-5-10-16/h3-15,19-20H,1-2H3,(H,23,26)/t19-,20-/m0/s1.